The maximum atomic E-state index is 2.42. The van der Waals surface area contributed by atoms with E-state index >= 15 is 0 Å². The lowest BCUT2D eigenvalue weighted by atomic mass is 9.93. The highest BCUT2D eigenvalue weighted by atomic mass is 15.1. The van der Waals surface area contributed by atoms with Crippen LogP contribution in [0.4, 0.5) is 17.1 Å². The van der Waals surface area contributed by atoms with Crippen LogP contribution in [0.15, 0.2) is 267 Å². The molecule has 66 heavy (non-hydrogen) atoms. The third-order valence-electron chi connectivity index (χ3n) is 12.9. The monoisotopic (exact) mass is 840 g/mol. The minimum atomic E-state index is 1.08. The van der Waals surface area contributed by atoms with Gasteiger partial charge in [-0.1, -0.05) is 188 Å². The van der Waals surface area contributed by atoms with E-state index in [1.54, 1.807) is 0 Å². The van der Waals surface area contributed by atoms with Crippen molar-refractivity contribution < 1.29 is 0 Å². The van der Waals surface area contributed by atoms with E-state index in [0.717, 1.165) is 39.4 Å². The summed E-state index contributed by atoms with van der Waals surface area (Å²) in [6.45, 7) is 0. The van der Waals surface area contributed by atoms with E-state index in [1.807, 2.05) is 0 Å². The van der Waals surface area contributed by atoms with Crippen molar-refractivity contribution in [2.75, 3.05) is 4.90 Å². The van der Waals surface area contributed by atoms with Crippen LogP contribution in [0, 0.1) is 0 Å². The average molecular weight is 841 g/mol. The third-order valence-corrected chi connectivity index (χ3v) is 12.9. The zero-order valence-electron chi connectivity index (χ0n) is 36.3. The van der Waals surface area contributed by atoms with Gasteiger partial charge >= 0.3 is 0 Å². The van der Waals surface area contributed by atoms with E-state index < -0.39 is 0 Å². The van der Waals surface area contributed by atoms with Crippen molar-refractivity contribution in [3.05, 3.63) is 267 Å². The summed E-state index contributed by atoms with van der Waals surface area (Å²) in [6.07, 6.45) is 0. The third kappa shape index (κ3) is 7.12. The van der Waals surface area contributed by atoms with Crippen molar-refractivity contribution in [2.24, 2.45) is 0 Å². The van der Waals surface area contributed by atoms with Gasteiger partial charge in [0.15, 0.2) is 0 Å². The molecule has 0 unspecified atom stereocenters. The van der Waals surface area contributed by atoms with Gasteiger partial charge in [-0.25, -0.2) is 0 Å². The molecule has 0 aliphatic carbocycles. The normalized spacial score (nSPS) is 11.3. The summed E-state index contributed by atoms with van der Waals surface area (Å²) in [5.74, 6) is 0. The van der Waals surface area contributed by atoms with Crippen molar-refractivity contribution in [1.29, 1.82) is 0 Å². The molecule has 2 nitrogen and oxygen atoms in total. The Kier molecular flexibility index (Phi) is 9.89. The maximum absolute atomic E-state index is 2.42. The summed E-state index contributed by atoms with van der Waals surface area (Å²) in [5.41, 5.74) is 18.6. The fourth-order valence-electron chi connectivity index (χ4n) is 9.81. The molecule has 0 saturated carbocycles. The number of fused-ring (bicyclic) bond motifs is 4. The van der Waals surface area contributed by atoms with E-state index in [1.165, 1.54) is 71.5 Å². The number of aromatic nitrogens is 1. The first kappa shape index (κ1) is 38.9. The molecule has 0 saturated heterocycles. The minimum Gasteiger partial charge on any atom is -0.310 e. The van der Waals surface area contributed by atoms with Crippen LogP contribution in [0.1, 0.15) is 0 Å². The summed E-state index contributed by atoms with van der Waals surface area (Å²) in [6, 6.07) is 96.9. The van der Waals surface area contributed by atoms with Crippen LogP contribution in [0.25, 0.3) is 93.9 Å². The van der Waals surface area contributed by atoms with Gasteiger partial charge in [-0.05, 0) is 140 Å². The SMILES string of the molecule is c1ccc(-c2cc(-c3ccccc3)cc(-c3ccc(N(c4cccc(-c5cccc6c5c5cc7ccccc7cc5n6-c5ccccc5)c4)c4ccccc4-c4ccccc4)cc3)c2)cc1. The quantitative estimate of drug-likeness (QED) is 0.141. The van der Waals surface area contributed by atoms with E-state index in [-0.39, 0.29) is 0 Å². The second kappa shape index (κ2) is 16.8. The van der Waals surface area contributed by atoms with Crippen LogP contribution < -0.4 is 4.90 Å². The van der Waals surface area contributed by atoms with Gasteiger partial charge in [-0.3, -0.25) is 0 Å². The molecule has 0 amide bonds. The molecule has 1 aromatic heterocycles. The summed E-state index contributed by atoms with van der Waals surface area (Å²) >= 11 is 0. The molecule has 1 heterocycles. The summed E-state index contributed by atoms with van der Waals surface area (Å²) in [7, 11) is 0. The lowest BCUT2D eigenvalue weighted by Gasteiger charge is -2.28. The first-order valence-corrected chi connectivity index (χ1v) is 22.7. The molecule has 0 N–H and O–H groups in total. The predicted octanol–water partition coefficient (Wildman–Crippen LogP) is 17.7. The smallest absolute Gasteiger partial charge is 0.0547 e. The largest absolute Gasteiger partial charge is 0.310 e. The van der Waals surface area contributed by atoms with Crippen molar-refractivity contribution >= 4 is 49.6 Å². The Balaban J connectivity index is 1.03. The molecule has 0 aliphatic heterocycles. The average Bonchev–Trinajstić information content (AvgIpc) is 3.72. The number of anilines is 3. The highest BCUT2D eigenvalue weighted by Gasteiger charge is 2.21. The fourth-order valence-corrected chi connectivity index (χ4v) is 9.81. The van der Waals surface area contributed by atoms with Gasteiger partial charge in [-0.2, -0.15) is 0 Å². The van der Waals surface area contributed by atoms with Gasteiger partial charge in [0, 0.05) is 33.4 Å². The second-order valence-corrected chi connectivity index (χ2v) is 16.9. The van der Waals surface area contributed by atoms with Gasteiger partial charge in [0.25, 0.3) is 0 Å². The van der Waals surface area contributed by atoms with Crippen molar-refractivity contribution in [2.45, 2.75) is 0 Å². The van der Waals surface area contributed by atoms with E-state index in [9.17, 15) is 0 Å². The molecule has 0 radical (unpaired) electrons. The van der Waals surface area contributed by atoms with Crippen molar-refractivity contribution in [3.8, 4) is 61.3 Å². The molecular weight excluding hydrogens is 797 g/mol. The Hall–Kier alpha value is -8.72. The highest BCUT2D eigenvalue weighted by Crippen LogP contribution is 2.45. The molecule has 12 aromatic rings. The molecule has 310 valence electrons. The van der Waals surface area contributed by atoms with Crippen LogP contribution in [0.2, 0.25) is 0 Å². The maximum Gasteiger partial charge on any atom is 0.0547 e. The molecule has 0 aliphatic rings. The van der Waals surface area contributed by atoms with Crippen LogP contribution >= 0.6 is 0 Å². The van der Waals surface area contributed by atoms with Gasteiger partial charge in [0.05, 0.1) is 16.7 Å². The molecule has 12 rings (SSSR count). The van der Waals surface area contributed by atoms with Gasteiger partial charge in [0.1, 0.15) is 0 Å². The Labute approximate surface area is 385 Å². The number of hydrogen-bond donors (Lipinski definition) is 0. The van der Waals surface area contributed by atoms with Gasteiger partial charge in [0.2, 0.25) is 0 Å². The molecule has 0 bridgehead atoms. The summed E-state index contributed by atoms with van der Waals surface area (Å²) in [5, 5.41) is 4.94. The van der Waals surface area contributed by atoms with E-state index in [4.69, 9.17) is 0 Å². The fraction of sp³-hybridized carbons (Fsp3) is 0. The first-order valence-electron chi connectivity index (χ1n) is 22.7. The Bertz CT molecular complexity index is 3610. The number of benzene rings is 11. The van der Waals surface area contributed by atoms with Crippen LogP contribution in [-0.2, 0) is 0 Å². The van der Waals surface area contributed by atoms with Crippen LogP contribution in [-0.4, -0.2) is 4.57 Å². The molecule has 11 aromatic carbocycles. The summed E-state index contributed by atoms with van der Waals surface area (Å²) in [4.78, 5) is 2.42. The Morgan fingerprint density at radius 2 is 0.773 bits per heavy atom. The Morgan fingerprint density at radius 3 is 1.42 bits per heavy atom. The van der Waals surface area contributed by atoms with Crippen LogP contribution in [0.3, 0.4) is 0 Å². The zero-order chi connectivity index (χ0) is 43.8. The lowest BCUT2D eigenvalue weighted by molar-refractivity contribution is 1.18. The van der Waals surface area contributed by atoms with Gasteiger partial charge in [-0.15, -0.1) is 0 Å². The van der Waals surface area contributed by atoms with Crippen molar-refractivity contribution in [3.63, 3.8) is 0 Å². The minimum absolute atomic E-state index is 1.08. The molecule has 0 atom stereocenters. The lowest BCUT2D eigenvalue weighted by Crippen LogP contribution is -2.11. The number of nitrogens with zero attached hydrogens (tertiary/aromatic N) is 2. The Morgan fingerprint density at radius 1 is 0.273 bits per heavy atom. The van der Waals surface area contributed by atoms with Gasteiger partial charge < -0.3 is 9.47 Å². The van der Waals surface area contributed by atoms with Crippen LogP contribution in [0.5, 0.6) is 0 Å². The van der Waals surface area contributed by atoms with Crippen molar-refractivity contribution in [1.82, 2.24) is 4.57 Å². The number of para-hydroxylation sites is 2. The highest BCUT2D eigenvalue weighted by molar-refractivity contribution is 6.18. The number of hydrogen-bond acceptors (Lipinski definition) is 1. The van der Waals surface area contributed by atoms with E-state index in [0.29, 0.717) is 0 Å². The molecule has 0 spiro atoms. The zero-order valence-corrected chi connectivity index (χ0v) is 36.3. The molecular formula is C64H44N2. The second-order valence-electron chi connectivity index (χ2n) is 16.9. The number of rotatable bonds is 9. The predicted molar refractivity (Wildman–Crippen MR) is 280 cm³/mol. The standard InChI is InChI=1S/C64H44N2/c1-5-19-45(20-6-1)52-39-53(46-21-7-2-8-22-46)41-54(40-52)47-35-37-56(38-36-47)65(61-33-16-15-31-58(61)48-23-9-3-10-24-48)57-30-17-27-51(42-57)59-32-18-34-62-64(59)60-43-49-25-13-14-26-50(49)44-63(60)66(62)55-28-11-4-12-29-55/h1-44H. The first-order chi connectivity index (χ1) is 32.7. The topological polar surface area (TPSA) is 8.17 Å². The molecule has 2 heteroatoms. The summed E-state index contributed by atoms with van der Waals surface area (Å²) < 4.78 is 2.42. The van der Waals surface area contributed by atoms with E-state index in [2.05, 4.69) is 276 Å². The molecule has 0 fully saturated rings.